The molecule has 0 radical (unpaired) electrons. The van der Waals surface area contributed by atoms with Gasteiger partial charge in [0.15, 0.2) is 6.61 Å². The Labute approximate surface area is 157 Å². The summed E-state index contributed by atoms with van der Waals surface area (Å²) in [6.07, 6.45) is 5.43. The lowest BCUT2D eigenvalue weighted by molar-refractivity contribution is -0.125. The van der Waals surface area contributed by atoms with Crippen molar-refractivity contribution in [2.75, 3.05) is 24.6 Å². The molecule has 0 aliphatic carbocycles. The monoisotopic (exact) mass is 360 g/mol. The van der Waals surface area contributed by atoms with Gasteiger partial charge < -0.3 is 10.1 Å². The highest BCUT2D eigenvalue weighted by Gasteiger charge is 2.29. The number of nitrogens with one attached hydrogen (secondary N) is 1. The first kappa shape index (κ1) is 20.3. The third kappa shape index (κ3) is 4.99. The van der Waals surface area contributed by atoms with Crippen molar-refractivity contribution in [2.24, 2.45) is 0 Å². The molecule has 5 heteroatoms. The zero-order valence-corrected chi connectivity index (χ0v) is 16.6. The number of fused-ring (bicyclic) bond motifs is 1. The summed E-state index contributed by atoms with van der Waals surface area (Å²) in [5, 5.41) is 2.92. The van der Waals surface area contributed by atoms with Gasteiger partial charge in [0.2, 0.25) is 5.91 Å². The number of carbonyl (C=O) groups is 2. The number of ether oxygens (including phenoxy) is 1. The van der Waals surface area contributed by atoms with Crippen molar-refractivity contribution >= 4 is 17.5 Å². The first-order chi connectivity index (χ1) is 12.4. The van der Waals surface area contributed by atoms with Crippen molar-refractivity contribution in [3.05, 3.63) is 23.8 Å². The largest absolute Gasteiger partial charge is 0.482 e. The highest BCUT2D eigenvalue weighted by atomic mass is 16.5. The van der Waals surface area contributed by atoms with Gasteiger partial charge in [-0.25, -0.2) is 0 Å². The normalized spacial score (nSPS) is 14.0. The lowest BCUT2D eigenvalue weighted by Gasteiger charge is -2.31. The van der Waals surface area contributed by atoms with Gasteiger partial charge in [-0.1, -0.05) is 53.0 Å². The van der Waals surface area contributed by atoms with Crippen molar-refractivity contribution in [3.63, 3.8) is 0 Å². The summed E-state index contributed by atoms with van der Waals surface area (Å²) in [7, 11) is 0. The van der Waals surface area contributed by atoms with Crippen molar-refractivity contribution < 1.29 is 14.3 Å². The van der Waals surface area contributed by atoms with E-state index >= 15 is 0 Å². The number of anilines is 1. The SMILES string of the molecule is CCCCCCNC(=O)CN1C(=O)COc2ccc(C(C)(C)CC)cc21. The molecule has 1 aliphatic heterocycles. The fourth-order valence-corrected chi connectivity index (χ4v) is 2.98. The number of amides is 2. The van der Waals surface area contributed by atoms with Crippen LogP contribution < -0.4 is 15.0 Å². The molecule has 1 heterocycles. The number of hydrogen-bond acceptors (Lipinski definition) is 3. The number of unbranched alkanes of at least 4 members (excludes halogenated alkanes) is 3. The molecule has 1 aromatic rings. The Morgan fingerprint density at radius 1 is 1.23 bits per heavy atom. The van der Waals surface area contributed by atoms with E-state index in [1.165, 1.54) is 12.8 Å². The second kappa shape index (κ2) is 9.06. The van der Waals surface area contributed by atoms with Crippen molar-refractivity contribution in [2.45, 2.75) is 65.2 Å². The molecule has 0 atom stereocenters. The fourth-order valence-electron chi connectivity index (χ4n) is 2.98. The Kier molecular flexibility index (Phi) is 7.06. The Balaban J connectivity index is 2.09. The van der Waals surface area contributed by atoms with E-state index in [1.807, 2.05) is 18.2 Å². The van der Waals surface area contributed by atoms with Crippen LogP contribution in [0.5, 0.6) is 5.75 Å². The Hall–Kier alpha value is -2.04. The Morgan fingerprint density at radius 2 is 2.00 bits per heavy atom. The van der Waals surface area contributed by atoms with E-state index in [9.17, 15) is 9.59 Å². The number of benzene rings is 1. The zero-order valence-electron chi connectivity index (χ0n) is 16.6. The van der Waals surface area contributed by atoms with Gasteiger partial charge in [-0.05, 0) is 36.0 Å². The minimum atomic E-state index is -0.176. The Morgan fingerprint density at radius 3 is 2.69 bits per heavy atom. The van der Waals surface area contributed by atoms with Crippen molar-refractivity contribution in [1.29, 1.82) is 0 Å². The number of nitrogens with zero attached hydrogens (tertiary/aromatic N) is 1. The summed E-state index contributed by atoms with van der Waals surface area (Å²) in [5.74, 6) is 0.365. The van der Waals surface area contributed by atoms with Crippen LogP contribution in [0.2, 0.25) is 0 Å². The Bertz CT molecular complexity index is 640. The molecule has 5 nitrogen and oxygen atoms in total. The van der Waals surface area contributed by atoms with Gasteiger partial charge in [0.1, 0.15) is 12.3 Å². The van der Waals surface area contributed by atoms with E-state index in [0.717, 1.165) is 24.8 Å². The molecular weight excluding hydrogens is 328 g/mol. The smallest absolute Gasteiger partial charge is 0.265 e. The van der Waals surface area contributed by atoms with E-state index in [4.69, 9.17) is 4.74 Å². The maximum absolute atomic E-state index is 12.4. The van der Waals surface area contributed by atoms with Crippen LogP contribution in [0.4, 0.5) is 5.69 Å². The highest BCUT2D eigenvalue weighted by molar-refractivity contribution is 6.02. The first-order valence-corrected chi connectivity index (χ1v) is 9.73. The molecule has 0 spiro atoms. The molecule has 2 rings (SSSR count). The van der Waals surface area contributed by atoms with Crippen LogP contribution in [0, 0.1) is 0 Å². The molecule has 0 unspecified atom stereocenters. The van der Waals surface area contributed by atoms with E-state index in [2.05, 4.69) is 33.0 Å². The fraction of sp³-hybridized carbons (Fsp3) is 0.619. The average Bonchev–Trinajstić information content (AvgIpc) is 2.63. The standard InChI is InChI=1S/C21H32N2O3/c1-5-7-8-9-12-22-19(24)14-23-17-13-16(21(3,4)6-2)10-11-18(17)26-15-20(23)25/h10-11,13H,5-9,12,14-15H2,1-4H3,(H,22,24). The summed E-state index contributed by atoms with van der Waals surface area (Å²) >= 11 is 0. The van der Waals surface area contributed by atoms with Gasteiger partial charge in [0.25, 0.3) is 5.91 Å². The second-order valence-corrected chi connectivity index (χ2v) is 7.60. The predicted molar refractivity (Wildman–Crippen MR) is 105 cm³/mol. The molecule has 2 amide bonds. The van der Waals surface area contributed by atoms with E-state index < -0.39 is 0 Å². The van der Waals surface area contributed by atoms with Crippen molar-refractivity contribution in [3.8, 4) is 5.75 Å². The van der Waals surface area contributed by atoms with Crippen LogP contribution in [-0.4, -0.2) is 31.5 Å². The third-order valence-electron chi connectivity index (χ3n) is 5.22. The van der Waals surface area contributed by atoms with E-state index in [1.54, 1.807) is 4.90 Å². The topological polar surface area (TPSA) is 58.6 Å². The summed E-state index contributed by atoms with van der Waals surface area (Å²) in [4.78, 5) is 26.2. The number of hydrogen-bond donors (Lipinski definition) is 1. The van der Waals surface area contributed by atoms with Crippen molar-refractivity contribution in [1.82, 2.24) is 5.32 Å². The van der Waals surface area contributed by atoms with Crippen LogP contribution in [0.1, 0.15) is 65.4 Å². The quantitative estimate of drug-likeness (QED) is 0.682. The third-order valence-corrected chi connectivity index (χ3v) is 5.22. The van der Waals surface area contributed by atoms with E-state index in [-0.39, 0.29) is 30.4 Å². The summed E-state index contributed by atoms with van der Waals surface area (Å²) < 4.78 is 5.55. The molecule has 0 bridgehead atoms. The van der Waals surface area contributed by atoms with E-state index in [0.29, 0.717) is 18.0 Å². The van der Waals surface area contributed by atoms with Gasteiger partial charge >= 0.3 is 0 Å². The number of rotatable bonds is 9. The molecule has 1 N–H and O–H groups in total. The van der Waals surface area contributed by atoms with Crippen LogP contribution in [0.25, 0.3) is 0 Å². The minimum Gasteiger partial charge on any atom is -0.482 e. The molecule has 144 valence electrons. The number of carbonyl (C=O) groups excluding carboxylic acids is 2. The molecule has 1 aliphatic rings. The molecule has 0 saturated heterocycles. The lowest BCUT2D eigenvalue weighted by Crippen LogP contribution is -2.45. The van der Waals surface area contributed by atoms with Gasteiger partial charge in [0, 0.05) is 6.54 Å². The van der Waals surface area contributed by atoms with Crippen LogP contribution >= 0.6 is 0 Å². The molecule has 0 fully saturated rings. The molecular formula is C21H32N2O3. The maximum atomic E-state index is 12.4. The summed E-state index contributed by atoms with van der Waals surface area (Å²) in [6.45, 7) is 9.33. The molecule has 0 aromatic heterocycles. The van der Waals surface area contributed by atoms with Gasteiger partial charge in [0.05, 0.1) is 5.69 Å². The van der Waals surface area contributed by atoms with Gasteiger partial charge in [-0.2, -0.15) is 0 Å². The molecule has 0 saturated carbocycles. The summed E-state index contributed by atoms with van der Waals surface area (Å²) in [6, 6.07) is 5.94. The van der Waals surface area contributed by atoms with Crippen LogP contribution in [0.3, 0.4) is 0 Å². The molecule has 1 aromatic carbocycles. The van der Waals surface area contributed by atoms with Gasteiger partial charge in [-0.15, -0.1) is 0 Å². The van der Waals surface area contributed by atoms with Gasteiger partial charge in [-0.3, -0.25) is 14.5 Å². The molecule has 26 heavy (non-hydrogen) atoms. The maximum Gasteiger partial charge on any atom is 0.265 e. The highest BCUT2D eigenvalue weighted by Crippen LogP contribution is 2.37. The average molecular weight is 360 g/mol. The predicted octanol–water partition coefficient (Wildman–Crippen LogP) is 3.80. The van der Waals surface area contributed by atoms with Crippen LogP contribution in [0.15, 0.2) is 18.2 Å². The second-order valence-electron chi connectivity index (χ2n) is 7.60. The summed E-state index contributed by atoms with van der Waals surface area (Å²) in [5.41, 5.74) is 1.84. The van der Waals surface area contributed by atoms with Crippen LogP contribution in [-0.2, 0) is 15.0 Å². The first-order valence-electron chi connectivity index (χ1n) is 9.73. The minimum absolute atomic E-state index is 0.00271. The zero-order chi connectivity index (χ0) is 19.2. The lowest BCUT2D eigenvalue weighted by atomic mass is 9.82.